The first-order valence-corrected chi connectivity index (χ1v) is 6.49. The molecule has 0 atom stereocenters. The Kier molecular flexibility index (Phi) is 3.52. The molecular weight excluding hydrogens is 280 g/mol. The lowest BCUT2D eigenvalue weighted by atomic mass is 10.2. The van der Waals surface area contributed by atoms with Crippen LogP contribution in [0.25, 0.3) is 5.69 Å². The number of rotatable bonds is 3. The lowest BCUT2D eigenvalue weighted by Crippen LogP contribution is -2.14. The van der Waals surface area contributed by atoms with Crippen LogP contribution in [0.4, 0.5) is 0 Å². The third-order valence-electron chi connectivity index (χ3n) is 2.69. The highest BCUT2D eigenvalue weighted by molar-refractivity contribution is 9.10. The number of benzene rings is 1. The molecule has 3 nitrogen and oxygen atoms in total. The normalized spacial score (nSPS) is 10.8. The van der Waals surface area contributed by atoms with Crippen LogP contribution < -0.4 is 5.56 Å². The Balaban J connectivity index is 2.49. The van der Waals surface area contributed by atoms with Crippen molar-refractivity contribution in [2.75, 3.05) is 0 Å². The molecule has 0 fully saturated rings. The lowest BCUT2D eigenvalue weighted by Gasteiger charge is -2.02. The quantitative estimate of drug-likeness (QED) is 0.927. The Labute approximate surface area is 109 Å². The van der Waals surface area contributed by atoms with Crippen LogP contribution in [0.15, 0.2) is 33.5 Å². The van der Waals surface area contributed by atoms with Crippen LogP contribution in [0.1, 0.15) is 24.6 Å². The van der Waals surface area contributed by atoms with Crippen molar-refractivity contribution >= 4 is 15.9 Å². The van der Waals surface area contributed by atoms with Gasteiger partial charge < -0.3 is 0 Å². The smallest absolute Gasteiger partial charge is 0.285 e. The van der Waals surface area contributed by atoms with Crippen LogP contribution in [0, 0.1) is 6.92 Å². The predicted octanol–water partition coefficient (Wildman–Crippen LogP) is 3.19. The Morgan fingerprint density at radius 2 is 1.94 bits per heavy atom. The van der Waals surface area contributed by atoms with Crippen LogP contribution in [-0.2, 0) is 6.42 Å². The third-order valence-corrected chi connectivity index (χ3v) is 3.51. The molecule has 17 heavy (non-hydrogen) atoms. The van der Waals surface area contributed by atoms with Gasteiger partial charge >= 0.3 is 0 Å². The molecule has 0 unspecified atom stereocenters. The Morgan fingerprint density at radius 1 is 1.29 bits per heavy atom. The first kappa shape index (κ1) is 12.2. The number of hydrogen-bond donors (Lipinski definition) is 1. The standard InChI is InChI=1S/C13H15BrN2O/c1-3-4-11-12(14)13(17)16(15-11)10-7-5-9(2)6-8-10/h5-8,15H,3-4H2,1-2H3. The molecule has 0 amide bonds. The van der Waals surface area contributed by atoms with E-state index in [4.69, 9.17) is 0 Å². The summed E-state index contributed by atoms with van der Waals surface area (Å²) in [5, 5.41) is 3.14. The highest BCUT2D eigenvalue weighted by atomic mass is 79.9. The number of nitrogens with zero attached hydrogens (tertiary/aromatic N) is 1. The average Bonchev–Trinajstić information content (AvgIpc) is 2.59. The minimum atomic E-state index is -0.0303. The van der Waals surface area contributed by atoms with E-state index in [1.165, 1.54) is 5.56 Å². The van der Waals surface area contributed by atoms with Gasteiger partial charge in [-0.3, -0.25) is 9.89 Å². The molecule has 1 aromatic carbocycles. The van der Waals surface area contributed by atoms with Crippen molar-refractivity contribution in [2.45, 2.75) is 26.7 Å². The number of aromatic nitrogens is 2. The topological polar surface area (TPSA) is 37.8 Å². The van der Waals surface area contributed by atoms with E-state index in [9.17, 15) is 4.79 Å². The van der Waals surface area contributed by atoms with Gasteiger partial charge in [-0.2, -0.15) is 0 Å². The summed E-state index contributed by atoms with van der Waals surface area (Å²) >= 11 is 3.35. The molecule has 2 rings (SSSR count). The summed E-state index contributed by atoms with van der Waals surface area (Å²) in [6.45, 7) is 4.12. The van der Waals surface area contributed by atoms with Crippen molar-refractivity contribution in [2.24, 2.45) is 0 Å². The zero-order chi connectivity index (χ0) is 12.4. The molecular formula is C13H15BrN2O. The molecule has 0 spiro atoms. The largest absolute Gasteiger partial charge is 0.294 e. The second kappa shape index (κ2) is 4.92. The molecule has 0 aliphatic rings. The summed E-state index contributed by atoms with van der Waals surface area (Å²) < 4.78 is 2.22. The molecule has 0 saturated heterocycles. The van der Waals surface area contributed by atoms with E-state index in [1.807, 2.05) is 31.2 Å². The van der Waals surface area contributed by atoms with E-state index < -0.39 is 0 Å². The first-order chi connectivity index (χ1) is 8.13. The number of hydrogen-bond acceptors (Lipinski definition) is 1. The van der Waals surface area contributed by atoms with Crippen LogP contribution in [0.2, 0.25) is 0 Å². The lowest BCUT2D eigenvalue weighted by molar-refractivity contribution is 0.793. The molecule has 2 aromatic rings. The zero-order valence-corrected chi connectivity index (χ0v) is 11.5. The van der Waals surface area contributed by atoms with Crippen molar-refractivity contribution in [1.29, 1.82) is 0 Å². The summed E-state index contributed by atoms with van der Waals surface area (Å²) in [6.07, 6.45) is 1.88. The maximum Gasteiger partial charge on any atom is 0.285 e. The minimum absolute atomic E-state index is 0.0303. The maximum atomic E-state index is 12.0. The SMILES string of the molecule is CCCc1[nH]n(-c2ccc(C)cc2)c(=O)c1Br. The van der Waals surface area contributed by atoms with E-state index in [1.54, 1.807) is 4.68 Å². The van der Waals surface area contributed by atoms with Gasteiger partial charge in [-0.25, -0.2) is 4.68 Å². The fourth-order valence-electron chi connectivity index (χ4n) is 1.75. The number of nitrogens with one attached hydrogen (secondary N) is 1. The van der Waals surface area contributed by atoms with Gasteiger partial charge in [-0.15, -0.1) is 0 Å². The van der Waals surface area contributed by atoms with Crippen LogP contribution >= 0.6 is 15.9 Å². The maximum absolute atomic E-state index is 12.0. The molecule has 90 valence electrons. The van der Waals surface area contributed by atoms with Gasteiger partial charge in [-0.1, -0.05) is 31.0 Å². The molecule has 0 aliphatic heterocycles. The van der Waals surface area contributed by atoms with E-state index in [2.05, 4.69) is 28.0 Å². The summed E-state index contributed by atoms with van der Waals surface area (Å²) in [4.78, 5) is 12.0. The molecule has 4 heteroatoms. The zero-order valence-electron chi connectivity index (χ0n) is 9.96. The van der Waals surface area contributed by atoms with Crippen LogP contribution in [-0.4, -0.2) is 9.78 Å². The molecule has 0 aliphatic carbocycles. The monoisotopic (exact) mass is 294 g/mol. The van der Waals surface area contributed by atoms with Crippen LogP contribution in [0.3, 0.4) is 0 Å². The molecule has 0 bridgehead atoms. The molecule has 0 saturated carbocycles. The Bertz CT molecular complexity index is 566. The predicted molar refractivity (Wildman–Crippen MR) is 72.8 cm³/mol. The Hall–Kier alpha value is -1.29. The van der Waals surface area contributed by atoms with Gasteiger partial charge in [0.25, 0.3) is 5.56 Å². The number of aromatic amines is 1. The van der Waals surface area contributed by atoms with Crippen LogP contribution in [0.5, 0.6) is 0 Å². The summed E-state index contributed by atoms with van der Waals surface area (Å²) in [7, 11) is 0. The fourth-order valence-corrected chi connectivity index (χ4v) is 2.22. The van der Waals surface area contributed by atoms with Gasteiger partial charge in [0.2, 0.25) is 0 Å². The minimum Gasteiger partial charge on any atom is -0.294 e. The van der Waals surface area contributed by atoms with Crippen molar-refractivity contribution in [1.82, 2.24) is 9.78 Å². The van der Waals surface area contributed by atoms with E-state index in [0.717, 1.165) is 24.2 Å². The fraction of sp³-hybridized carbons (Fsp3) is 0.308. The molecule has 1 heterocycles. The van der Waals surface area contributed by atoms with E-state index >= 15 is 0 Å². The van der Waals surface area contributed by atoms with Gasteiger partial charge in [0, 0.05) is 0 Å². The van der Waals surface area contributed by atoms with Crippen molar-refractivity contribution < 1.29 is 0 Å². The van der Waals surface area contributed by atoms with E-state index in [-0.39, 0.29) is 5.56 Å². The summed E-state index contributed by atoms with van der Waals surface area (Å²) in [5.41, 5.74) is 2.97. The molecule has 0 radical (unpaired) electrons. The highest BCUT2D eigenvalue weighted by Gasteiger charge is 2.11. The molecule has 1 aromatic heterocycles. The third kappa shape index (κ3) is 2.36. The second-order valence-electron chi connectivity index (χ2n) is 4.13. The Morgan fingerprint density at radius 3 is 2.53 bits per heavy atom. The average molecular weight is 295 g/mol. The van der Waals surface area contributed by atoms with Gasteiger partial charge in [0.05, 0.1) is 11.4 Å². The number of halogens is 1. The van der Waals surface area contributed by atoms with Crippen molar-refractivity contribution in [3.8, 4) is 5.69 Å². The van der Waals surface area contributed by atoms with E-state index in [0.29, 0.717) is 4.47 Å². The van der Waals surface area contributed by atoms with Gasteiger partial charge in [0.15, 0.2) is 0 Å². The van der Waals surface area contributed by atoms with Crippen molar-refractivity contribution in [3.63, 3.8) is 0 Å². The highest BCUT2D eigenvalue weighted by Crippen LogP contribution is 2.14. The second-order valence-corrected chi connectivity index (χ2v) is 4.92. The van der Waals surface area contributed by atoms with Gasteiger partial charge in [0.1, 0.15) is 4.47 Å². The molecule has 1 N–H and O–H groups in total. The number of aryl methyl sites for hydroxylation is 2. The summed E-state index contributed by atoms with van der Waals surface area (Å²) in [6, 6.07) is 7.87. The number of H-pyrrole nitrogens is 1. The van der Waals surface area contributed by atoms with Gasteiger partial charge in [-0.05, 0) is 41.4 Å². The first-order valence-electron chi connectivity index (χ1n) is 5.70. The summed E-state index contributed by atoms with van der Waals surface area (Å²) in [5.74, 6) is 0. The van der Waals surface area contributed by atoms with Crippen molar-refractivity contribution in [3.05, 3.63) is 50.3 Å².